The van der Waals surface area contributed by atoms with E-state index < -0.39 is 5.54 Å². The van der Waals surface area contributed by atoms with Gasteiger partial charge < -0.3 is 10.2 Å². The molecule has 44 heavy (non-hydrogen) atoms. The molecule has 2 aliphatic rings. The first-order chi connectivity index (χ1) is 21.6. The number of carbonyl (C=O) groups is 1. The average molecular weight is 575 g/mol. The SMILES string of the molecule is C[C@H](c1ccccc1)N1Cc2cc3c(C4CC4)nn(C(c4ccccc4)(c4ccccc4)c4ccccc4)c3cc2NC1=O. The largest absolute Gasteiger partial charge is 0.322 e. The zero-order valence-corrected chi connectivity index (χ0v) is 24.7. The van der Waals surface area contributed by atoms with E-state index in [1.54, 1.807) is 0 Å². The molecule has 0 saturated heterocycles. The third kappa shape index (κ3) is 4.22. The molecule has 216 valence electrons. The second kappa shape index (κ2) is 10.5. The maximum Gasteiger partial charge on any atom is 0.322 e. The first kappa shape index (κ1) is 26.5. The molecular weight excluding hydrogens is 540 g/mol. The Morgan fingerprint density at radius 1 is 0.750 bits per heavy atom. The molecule has 5 aromatic carbocycles. The number of rotatable bonds is 7. The number of aromatic nitrogens is 2. The summed E-state index contributed by atoms with van der Waals surface area (Å²) in [5.74, 6) is 0.439. The molecule has 5 heteroatoms. The number of hydrogen-bond acceptors (Lipinski definition) is 2. The third-order valence-corrected chi connectivity index (χ3v) is 9.38. The molecule has 0 spiro atoms. The summed E-state index contributed by atoms with van der Waals surface area (Å²) in [7, 11) is 0. The number of hydrogen-bond donors (Lipinski definition) is 1. The van der Waals surface area contributed by atoms with Crippen LogP contribution in [0.3, 0.4) is 0 Å². The summed E-state index contributed by atoms with van der Waals surface area (Å²) in [6, 6.07) is 46.6. The minimum absolute atomic E-state index is 0.0486. The van der Waals surface area contributed by atoms with Crippen molar-refractivity contribution in [2.24, 2.45) is 0 Å². The molecule has 1 aliphatic heterocycles. The fourth-order valence-corrected chi connectivity index (χ4v) is 6.96. The van der Waals surface area contributed by atoms with Crippen molar-refractivity contribution in [3.8, 4) is 0 Å². The molecule has 8 rings (SSSR count). The van der Waals surface area contributed by atoms with Gasteiger partial charge in [-0.1, -0.05) is 121 Å². The Labute approximate surface area is 257 Å². The van der Waals surface area contributed by atoms with Gasteiger partial charge >= 0.3 is 6.03 Å². The Kier molecular flexibility index (Phi) is 6.33. The predicted molar refractivity (Wildman–Crippen MR) is 176 cm³/mol. The van der Waals surface area contributed by atoms with Gasteiger partial charge in [-0.25, -0.2) is 9.48 Å². The van der Waals surface area contributed by atoms with Crippen LogP contribution in [0, 0.1) is 0 Å². The van der Waals surface area contributed by atoms with E-state index in [4.69, 9.17) is 5.10 Å². The molecule has 1 aliphatic carbocycles. The van der Waals surface area contributed by atoms with E-state index in [-0.39, 0.29) is 12.1 Å². The van der Waals surface area contributed by atoms with Crippen LogP contribution in [0.4, 0.5) is 10.5 Å². The lowest BCUT2D eigenvalue weighted by Gasteiger charge is -2.37. The van der Waals surface area contributed by atoms with Crippen LogP contribution in [0.5, 0.6) is 0 Å². The lowest BCUT2D eigenvalue weighted by atomic mass is 9.77. The zero-order valence-electron chi connectivity index (χ0n) is 24.7. The Balaban J connectivity index is 1.37. The van der Waals surface area contributed by atoms with Gasteiger partial charge in [-0.05, 0) is 59.7 Å². The Morgan fingerprint density at radius 3 is 1.80 bits per heavy atom. The minimum atomic E-state index is -0.726. The van der Waals surface area contributed by atoms with Gasteiger partial charge in [0.2, 0.25) is 0 Å². The molecule has 6 aromatic rings. The highest BCUT2D eigenvalue weighted by atomic mass is 16.2. The molecule has 1 atom stereocenters. The number of nitrogens with one attached hydrogen (secondary N) is 1. The van der Waals surface area contributed by atoms with E-state index in [1.807, 2.05) is 23.1 Å². The summed E-state index contributed by atoms with van der Waals surface area (Å²) >= 11 is 0. The van der Waals surface area contributed by atoms with E-state index in [0.717, 1.165) is 57.6 Å². The van der Waals surface area contributed by atoms with Gasteiger partial charge in [-0.2, -0.15) is 5.10 Å². The van der Waals surface area contributed by atoms with Crippen molar-refractivity contribution in [1.82, 2.24) is 14.7 Å². The normalized spacial score (nSPS) is 15.6. The Hall–Kier alpha value is -5.16. The van der Waals surface area contributed by atoms with Crippen molar-refractivity contribution in [1.29, 1.82) is 0 Å². The Bertz CT molecular complexity index is 1850. The molecule has 0 radical (unpaired) electrons. The molecule has 1 aromatic heterocycles. The lowest BCUT2D eigenvalue weighted by Crippen LogP contribution is -2.40. The second-order valence-corrected chi connectivity index (χ2v) is 12.1. The molecule has 0 bridgehead atoms. The van der Waals surface area contributed by atoms with Crippen LogP contribution in [0.1, 0.15) is 65.2 Å². The fourth-order valence-electron chi connectivity index (χ4n) is 6.96. The van der Waals surface area contributed by atoms with Gasteiger partial charge in [0.15, 0.2) is 0 Å². The van der Waals surface area contributed by atoms with E-state index in [2.05, 4.69) is 132 Å². The number of anilines is 1. The van der Waals surface area contributed by atoms with Crippen molar-refractivity contribution < 1.29 is 4.79 Å². The van der Waals surface area contributed by atoms with Gasteiger partial charge in [-0.15, -0.1) is 0 Å². The summed E-state index contributed by atoms with van der Waals surface area (Å²) in [5, 5.41) is 9.95. The zero-order chi connectivity index (χ0) is 29.7. The van der Waals surface area contributed by atoms with Crippen molar-refractivity contribution in [3.05, 3.63) is 167 Å². The number of benzene rings is 5. The summed E-state index contributed by atoms with van der Waals surface area (Å²) < 4.78 is 2.24. The van der Waals surface area contributed by atoms with Crippen molar-refractivity contribution in [2.75, 3.05) is 5.32 Å². The topological polar surface area (TPSA) is 50.2 Å². The van der Waals surface area contributed by atoms with Crippen LogP contribution >= 0.6 is 0 Å². The van der Waals surface area contributed by atoms with Crippen LogP contribution < -0.4 is 5.32 Å². The van der Waals surface area contributed by atoms with Crippen LogP contribution in [0.25, 0.3) is 10.9 Å². The number of carbonyl (C=O) groups excluding carboxylic acids is 1. The first-order valence-electron chi connectivity index (χ1n) is 15.5. The van der Waals surface area contributed by atoms with Gasteiger partial charge in [0.1, 0.15) is 5.54 Å². The van der Waals surface area contributed by atoms with E-state index >= 15 is 0 Å². The second-order valence-electron chi connectivity index (χ2n) is 12.1. The van der Waals surface area contributed by atoms with Gasteiger partial charge in [0, 0.05) is 17.0 Å². The molecule has 1 saturated carbocycles. The fraction of sp³-hybridized carbons (Fsp3) is 0.179. The van der Waals surface area contributed by atoms with Gasteiger partial charge in [0.05, 0.1) is 23.8 Å². The van der Waals surface area contributed by atoms with Crippen molar-refractivity contribution >= 4 is 22.6 Å². The van der Waals surface area contributed by atoms with Crippen LogP contribution in [0.2, 0.25) is 0 Å². The van der Waals surface area contributed by atoms with Gasteiger partial charge in [0.25, 0.3) is 0 Å². The number of amides is 2. The standard InChI is InChI=1S/C39H34N4O/c1-27(28-14-6-2-7-15-28)42-26-30-24-34-36(25-35(30)40-38(42)44)43(41-37(34)29-22-23-29)39(31-16-8-3-9-17-31,32-18-10-4-11-19-32)33-20-12-5-13-21-33/h2-21,24-25,27,29H,22-23,26H2,1H3,(H,40,44)/t27-/m1/s1. The average Bonchev–Trinajstić information content (AvgIpc) is 3.87. The number of fused-ring (bicyclic) bond motifs is 2. The number of nitrogens with zero attached hydrogens (tertiary/aromatic N) is 3. The van der Waals surface area contributed by atoms with Crippen LogP contribution in [-0.2, 0) is 12.1 Å². The van der Waals surface area contributed by atoms with Crippen LogP contribution in [0.15, 0.2) is 133 Å². The third-order valence-electron chi connectivity index (χ3n) is 9.38. The molecule has 5 nitrogen and oxygen atoms in total. The van der Waals surface area contributed by atoms with E-state index in [1.165, 1.54) is 5.39 Å². The Morgan fingerprint density at radius 2 is 1.27 bits per heavy atom. The van der Waals surface area contributed by atoms with E-state index in [0.29, 0.717) is 12.5 Å². The van der Waals surface area contributed by atoms with Crippen molar-refractivity contribution in [3.63, 3.8) is 0 Å². The maximum atomic E-state index is 13.6. The summed E-state index contributed by atoms with van der Waals surface area (Å²) in [6.07, 6.45) is 2.29. The van der Waals surface area contributed by atoms with Crippen LogP contribution in [-0.4, -0.2) is 20.7 Å². The number of urea groups is 1. The maximum absolute atomic E-state index is 13.6. The lowest BCUT2D eigenvalue weighted by molar-refractivity contribution is 0.186. The molecular formula is C39H34N4O. The van der Waals surface area contributed by atoms with E-state index in [9.17, 15) is 4.79 Å². The quantitative estimate of drug-likeness (QED) is 0.194. The summed E-state index contributed by atoms with van der Waals surface area (Å²) in [4.78, 5) is 15.5. The summed E-state index contributed by atoms with van der Waals surface area (Å²) in [6.45, 7) is 2.64. The molecule has 1 N–H and O–H groups in total. The highest BCUT2D eigenvalue weighted by molar-refractivity contribution is 5.97. The predicted octanol–water partition coefficient (Wildman–Crippen LogP) is 8.86. The first-order valence-corrected chi connectivity index (χ1v) is 15.5. The summed E-state index contributed by atoms with van der Waals surface area (Å²) in [5.41, 5.74) is 7.93. The molecule has 1 fully saturated rings. The smallest absolute Gasteiger partial charge is 0.313 e. The molecule has 0 unspecified atom stereocenters. The highest BCUT2D eigenvalue weighted by Gasteiger charge is 2.42. The molecule has 2 heterocycles. The molecule has 2 amide bonds. The van der Waals surface area contributed by atoms with Crippen molar-refractivity contribution in [2.45, 2.75) is 43.8 Å². The highest BCUT2D eigenvalue weighted by Crippen LogP contribution is 2.48. The minimum Gasteiger partial charge on any atom is -0.313 e. The van der Waals surface area contributed by atoms with Gasteiger partial charge in [-0.3, -0.25) is 0 Å². The monoisotopic (exact) mass is 574 g/mol.